The van der Waals surface area contributed by atoms with Crippen molar-refractivity contribution in [1.29, 1.82) is 0 Å². The number of aromatic nitrogens is 3. The standard InChI is InChI=1S/C46H35N3O/c1-30-11-8-9-16-38(30)45-47-44(36-25-23-35(24-26-36)34-21-19-33(20-22-34)31-12-4-2-5-13-31)48-46(49-45)39-17-10-18-42-43(39)40-29-37(27-28-41(40)50-42)32-14-6-3-7-15-32/h2-9,12-17,19-30H,10-11,18H2,1H3. The number of allylic oxidation sites excluding steroid dienone is 5. The Morgan fingerprint density at radius 1 is 0.580 bits per heavy atom. The average Bonchev–Trinajstić information content (AvgIpc) is 3.57. The summed E-state index contributed by atoms with van der Waals surface area (Å²) in [4.78, 5) is 15.5. The van der Waals surface area contributed by atoms with Crippen LogP contribution in [0.2, 0.25) is 0 Å². The first-order valence-corrected chi connectivity index (χ1v) is 17.4. The first kappa shape index (κ1) is 30.0. The average molecular weight is 646 g/mol. The number of hydrogen-bond donors (Lipinski definition) is 0. The number of benzene rings is 5. The van der Waals surface area contributed by atoms with Crippen LogP contribution in [0.3, 0.4) is 0 Å². The zero-order valence-electron chi connectivity index (χ0n) is 27.9. The normalized spacial score (nSPS) is 15.4. The highest BCUT2D eigenvalue weighted by atomic mass is 16.3. The van der Waals surface area contributed by atoms with Gasteiger partial charge in [0.25, 0.3) is 0 Å². The minimum atomic E-state index is 0.309. The van der Waals surface area contributed by atoms with Gasteiger partial charge >= 0.3 is 0 Å². The van der Waals surface area contributed by atoms with Crippen molar-refractivity contribution in [3.05, 3.63) is 175 Å². The lowest BCUT2D eigenvalue weighted by Crippen LogP contribution is -2.11. The van der Waals surface area contributed by atoms with Crippen LogP contribution in [-0.4, -0.2) is 15.0 Å². The molecule has 0 amide bonds. The van der Waals surface area contributed by atoms with Gasteiger partial charge < -0.3 is 4.42 Å². The molecule has 0 saturated carbocycles. The van der Waals surface area contributed by atoms with E-state index in [-0.39, 0.29) is 0 Å². The lowest BCUT2D eigenvalue weighted by molar-refractivity contribution is 0.545. The van der Waals surface area contributed by atoms with Gasteiger partial charge in [-0.1, -0.05) is 146 Å². The van der Waals surface area contributed by atoms with E-state index in [2.05, 4.69) is 146 Å². The summed E-state index contributed by atoms with van der Waals surface area (Å²) in [5, 5.41) is 1.09. The van der Waals surface area contributed by atoms with Gasteiger partial charge in [0.2, 0.25) is 0 Å². The number of furan rings is 1. The van der Waals surface area contributed by atoms with E-state index >= 15 is 0 Å². The molecule has 2 heterocycles. The zero-order chi connectivity index (χ0) is 33.4. The molecule has 0 aliphatic heterocycles. The fourth-order valence-corrected chi connectivity index (χ4v) is 7.18. The fourth-order valence-electron chi connectivity index (χ4n) is 7.18. The van der Waals surface area contributed by atoms with Gasteiger partial charge in [0.1, 0.15) is 11.3 Å². The molecule has 50 heavy (non-hydrogen) atoms. The SMILES string of the molecule is CC1CC=CC=C1c1nc(C2=CCCc3oc4ccc(-c5ccccc5)cc4c32)nc(-c2ccc(-c3ccc(-c4ccccc4)cc3)cc2)n1. The smallest absolute Gasteiger partial charge is 0.164 e. The maximum atomic E-state index is 6.47. The second-order valence-electron chi connectivity index (χ2n) is 13.1. The number of nitrogens with zero attached hydrogens (tertiary/aromatic N) is 3. The van der Waals surface area contributed by atoms with E-state index in [0.29, 0.717) is 17.6 Å². The van der Waals surface area contributed by atoms with Crippen molar-refractivity contribution in [3.8, 4) is 44.8 Å². The molecule has 7 aromatic rings. The lowest BCUT2D eigenvalue weighted by Gasteiger charge is -2.19. The number of fused-ring (bicyclic) bond motifs is 3. The van der Waals surface area contributed by atoms with Crippen molar-refractivity contribution in [2.24, 2.45) is 5.92 Å². The molecule has 4 nitrogen and oxygen atoms in total. The molecule has 4 heteroatoms. The van der Waals surface area contributed by atoms with E-state index < -0.39 is 0 Å². The molecule has 240 valence electrons. The Morgan fingerprint density at radius 2 is 1.14 bits per heavy atom. The van der Waals surface area contributed by atoms with E-state index in [1.54, 1.807) is 0 Å². The van der Waals surface area contributed by atoms with Gasteiger partial charge in [0, 0.05) is 34.1 Å². The van der Waals surface area contributed by atoms with E-state index in [1.165, 1.54) is 22.3 Å². The first-order valence-electron chi connectivity index (χ1n) is 17.4. The molecule has 0 bridgehead atoms. The molecular formula is C46H35N3O. The molecule has 2 aromatic heterocycles. The summed E-state index contributed by atoms with van der Waals surface area (Å²) >= 11 is 0. The minimum absolute atomic E-state index is 0.309. The molecule has 0 radical (unpaired) electrons. The largest absolute Gasteiger partial charge is 0.460 e. The molecule has 2 aliphatic rings. The minimum Gasteiger partial charge on any atom is -0.460 e. The molecule has 0 spiro atoms. The Morgan fingerprint density at radius 3 is 1.80 bits per heavy atom. The van der Waals surface area contributed by atoms with Crippen LogP contribution in [0.15, 0.2) is 156 Å². The van der Waals surface area contributed by atoms with Gasteiger partial charge in [-0.3, -0.25) is 0 Å². The van der Waals surface area contributed by atoms with Crippen LogP contribution in [0, 0.1) is 5.92 Å². The van der Waals surface area contributed by atoms with Crippen LogP contribution in [0.5, 0.6) is 0 Å². The quantitative estimate of drug-likeness (QED) is 0.181. The van der Waals surface area contributed by atoms with Crippen LogP contribution >= 0.6 is 0 Å². The summed E-state index contributed by atoms with van der Waals surface area (Å²) in [6.45, 7) is 2.24. The van der Waals surface area contributed by atoms with Crippen LogP contribution in [0.4, 0.5) is 0 Å². The van der Waals surface area contributed by atoms with Crippen molar-refractivity contribution in [3.63, 3.8) is 0 Å². The van der Waals surface area contributed by atoms with Crippen molar-refractivity contribution in [2.75, 3.05) is 0 Å². The zero-order valence-corrected chi connectivity index (χ0v) is 27.9. The highest BCUT2D eigenvalue weighted by molar-refractivity contribution is 5.99. The summed E-state index contributed by atoms with van der Waals surface area (Å²) in [5.41, 5.74) is 12.2. The third kappa shape index (κ3) is 5.59. The highest BCUT2D eigenvalue weighted by Gasteiger charge is 2.26. The Labute approximate surface area is 292 Å². The third-order valence-electron chi connectivity index (χ3n) is 9.89. The van der Waals surface area contributed by atoms with E-state index in [0.717, 1.165) is 75.2 Å². The Bertz CT molecular complexity index is 2430. The monoisotopic (exact) mass is 645 g/mol. The number of hydrogen-bond acceptors (Lipinski definition) is 4. The maximum Gasteiger partial charge on any atom is 0.164 e. The Kier molecular flexibility index (Phi) is 7.62. The molecule has 2 aliphatic carbocycles. The Balaban J connectivity index is 1.12. The molecule has 1 atom stereocenters. The van der Waals surface area contributed by atoms with Crippen LogP contribution in [0.25, 0.3) is 66.9 Å². The summed E-state index contributed by atoms with van der Waals surface area (Å²) in [5.74, 6) is 3.38. The predicted molar refractivity (Wildman–Crippen MR) is 204 cm³/mol. The summed E-state index contributed by atoms with van der Waals surface area (Å²) < 4.78 is 6.47. The predicted octanol–water partition coefficient (Wildman–Crippen LogP) is 11.6. The van der Waals surface area contributed by atoms with Crippen LogP contribution in [-0.2, 0) is 6.42 Å². The summed E-state index contributed by atoms with van der Waals surface area (Å²) in [6, 6.07) is 44.8. The molecule has 9 rings (SSSR count). The summed E-state index contributed by atoms with van der Waals surface area (Å²) in [7, 11) is 0. The number of rotatable bonds is 6. The third-order valence-corrected chi connectivity index (χ3v) is 9.89. The van der Waals surface area contributed by atoms with Crippen LogP contribution in [0.1, 0.15) is 42.7 Å². The van der Waals surface area contributed by atoms with Gasteiger partial charge in [-0.2, -0.15) is 0 Å². The van der Waals surface area contributed by atoms with Gasteiger partial charge in [-0.05, 0) is 64.3 Å². The molecule has 5 aromatic carbocycles. The second-order valence-corrected chi connectivity index (χ2v) is 13.1. The maximum absolute atomic E-state index is 6.47. The topological polar surface area (TPSA) is 51.8 Å². The first-order chi connectivity index (χ1) is 24.7. The van der Waals surface area contributed by atoms with Gasteiger partial charge in [0.15, 0.2) is 17.5 Å². The van der Waals surface area contributed by atoms with Crippen molar-refractivity contribution >= 4 is 22.1 Å². The number of aryl methyl sites for hydroxylation is 1. The van der Waals surface area contributed by atoms with Crippen LogP contribution < -0.4 is 0 Å². The molecule has 0 saturated heterocycles. The molecular weight excluding hydrogens is 611 g/mol. The fraction of sp³-hybridized carbons (Fsp3) is 0.109. The summed E-state index contributed by atoms with van der Waals surface area (Å²) in [6.07, 6.45) is 11.4. The van der Waals surface area contributed by atoms with E-state index in [9.17, 15) is 0 Å². The van der Waals surface area contributed by atoms with Crippen molar-refractivity contribution < 1.29 is 4.42 Å². The lowest BCUT2D eigenvalue weighted by atomic mass is 9.91. The van der Waals surface area contributed by atoms with E-state index in [4.69, 9.17) is 19.4 Å². The van der Waals surface area contributed by atoms with Gasteiger partial charge in [-0.15, -0.1) is 0 Å². The van der Waals surface area contributed by atoms with Gasteiger partial charge in [0.05, 0.1) is 0 Å². The van der Waals surface area contributed by atoms with Crippen molar-refractivity contribution in [1.82, 2.24) is 15.0 Å². The molecule has 0 N–H and O–H groups in total. The molecule has 1 unspecified atom stereocenters. The Hall–Kier alpha value is -6.13. The highest BCUT2D eigenvalue weighted by Crippen LogP contribution is 2.41. The second kappa shape index (κ2) is 12.7. The molecule has 0 fully saturated rings. The van der Waals surface area contributed by atoms with E-state index in [1.807, 2.05) is 12.1 Å². The van der Waals surface area contributed by atoms with Crippen molar-refractivity contribution in [2.45, 2.75) is 26.2 Å². The van der Waals surface area contributed by atoms with Gasteiger partial charge in [-0.25, -0.2) is 15.0 Å².